The van der Waals surface area contributed by atoms with Crippen LogP contribution in [0.1, 0.15) is 59.7 Å². The van der Waals surface area contributed by atoms with Crippen molar-refractivity contribution in [3.8, 4) is 0 Å². The fourth-order valence-electron chi connectivity index (χ4n) is 4.21. The summed E-state index contributed by atoms with van der Waals surface area (Å²) in [6.45, 7) is 2.14. The SMILES string of the molecule is CN1CCC[C@H]1[C@@H]1CCCN1C(=O)c1sccc1C1CC1. The van der Waals surface area contributed by atoms with Crippen molar-refractivity contribution in [3.63, 3.8) is 0 Å². The Morgan fingerprint density at radius 1 is 1.14 bits per heavy atom. The molecular formula is C17H24N2OS. The Bertz CT molecular complexity index is 537. The third kappa shape index (κ3) is 2.42. The van der Waals surface area contributed by atoms with Crippen LogP contribution in [0.4, 0.5) is 0 Å². The zero-order valence-electron chi connectivity index (χ0n) is 12.8. The summed E-state index contributed by atoms with van der Waals surface area (Å²) in [6.07, 6.45) is 7.43. The van der Waals surface area contributed by atoms with E-state index in [2.05, 4.69) is 28.3 Å². The highest BCUT2D eigenvalue weighted by atomic mass is 32.1. The van der Waals surface area contributed by atoms with E-state index in [1.165, 1.54) is 50.6 Å². The number of hydrogen-bond acceptors (Lipinski definition) is 3. The summed E-state index contributed by atoms with van der Waals surface area (Å²) in [6, 6.07) is 3.21. The van der Waals surface area contributed by atoms with Crippen LogP contribution >= 0.6 is 11.3 Å². The second-order valence-corrected chi connectivity index (χ2v) is 7.79. The average Bonchev–Trinajstić information content (AvgIpc) is 2.93. The number of amides is 1. The van der Waals surface area contributed by atoms with Gasteiger partial charge in [0, 0.05) is 18.6 Å². The minimum absolute atomic E-state index is 0.315. The second-order valence-electron chi connectivity index (χ2n) is 6.88. The maximum Gasteiger partial charge on any atom is 0.264 e. The van der Waals surface area contributed by atoms with Gasteiger partial charge in [-0.15, -0.1) is 11.3 Å². The Hall–Kier alpha value is -0.870. The van der Waals surface area contributed by atoms with E-state index in [1.807, 2.05) is 0 Å². The molecule has 0 aromatic carbocycles. The Kier molecular flexibility index (Phi) is 3.54. The van der Waals surface area contributed by atoms with Gasteiger partial charge in [-0.3, -0.25) is 4.79 Å². The van der Waals surface area contributed by atoms with Gasteiger partial charge in [0.05, 0.1) is 4.88 Å². The van der Waals surface area contributed by atoms with Gasteiger partial charge in [-0.05, 0) is 75.0 Å². The van der Waals surface area contributed by atoms with Crippen LogP contribution in [0, 0.1) is 0 Å². The van der Waals surface area contributed by atoms with Crippen molar-refractivity contribution in [2.24, 2.45) is 0 Å². The van der Waals surface area contributed by atoms with E-state index in [1.54, 1.807) is 11.3 Å². The van der Waals surface area contributed by atoms with Gasteiger partial charge in [0.2, 0.25) is 0 Å². The quantitative estimate of drug-likeness (QED) is 0.855. The number of likely N-dealkylation sites (N-methyl/N-ethyl adjacent to an activating group) is 1. The minimum Gasteiger partial charge on any atom is -0.333 e. The van der Waals surface area contributed by atoms with Crippen molar-refractivity contribution in [3.05, 3.63) is 21.9 Å². The van der Waals surface area contributed by atoms with Gasteiger partial charge < -0.3 is 9.80 Å². The van der Waals surface area contributed by atoms with Crippen LogP contribution in [0.25, 0.3) is 0 Å². The van der Waals surface area contributed by atoms with E-state index < -0.39 is 0 Å². The van der Waals surface area contributed by atoms with Gasteiger partial charge in [0.1, 0.15) is 0 Å². The van der Waals surface area contributed by atoms with Crippen LogP contribution in [-0.4, -0.2) is 47.9 Å². The normalized spacial score (nSPS) is 30.2. The molecule has 0 N–H and O–H groups in total. The monoisotopic (exact) mass is 304 g/mol. The number of carbonyl (C=O) groups is 1. The third-order valence-electron chi connectivity index (χ3n) is 5.49. The Morgan fingerprint density at radius 2 is 1.90 bits per heavy atom. The summed E-state index contributed by atoms with van der Waals surface area (Å²) in [5, 5.41) is 2.10. The molecule has 0 radical (unpaired) electrons. The van der Waals surface area contributed by atoms with Crippen molar-refractivity contribution in [2.45, 2.75) is 56.5 Å². The first-order valence-electron chi connectivity index (χ1n) is 8.34. The molecule has 1 aliphatic carbocycles. The van der Waals surface area contributed by atoms with Gasteiger partial charge in [0.15, 0.2) is 0 Å². The molecule has 3 nitrogen and oxygen atoms in total. The summed E-state index contributed by atoms with van der Waals surface area (Å²) in [5.74, 6) is 0.986. The van der Waals surface area contributed by atoms with Crippen molar-refractivity contribution < 1.29 is 4.79 Å². The molecule has 4 heteroatoms. The summed E-state index contributed by atoms with van der Waals surface area (Å²) in [5.41, 5.74) is 1.33. The number of nitrogens with zero attached hydrogens (tertiary/aromatic N) is 2. The topological polar surface area (TPSA) is 23.6 Å². The van der Waals surface area contributed by atoms with Crippen LogP contribution in [0.2, 0.25) is 0 Å². The van der Waals surface area contributed by atoms with Gasteiger partial charge >= 0.3 is 0 Å². The number of rotatable bonds is 3. The third-order valence-corrected chi connectivity index (χ3v) is 6.41. The van der Waals surface area contributed by atoms with Crippen LogP contribution in [0.3, 0.4) is 0 Å². The molecule has 2 atom stereocenters. The Morgan fingerprint density at radius 3 is 2.62 bits per heavy atom. The molecule has 114 valence electrons. The highest BCUT2D eigenvalue weighted by Crippen LogP contribution is 2.44. The van der Waals surface area contributed by atoms with E-state index in [0.717, 1.165) is 11.4 Å². The molecule has 1 saturated carbocycles. The average molecular weight is 304 g/mol. The van der Waals surface area contributed by atoms with E-state index >= 15 is 0 Å². The molecule has 21 heavy (non-hydrogen) atoms. The van der Waals surface area contributed by atoms with E-state index in [-0.39, 0.29) is 0 Å². The lowest BCUT2D eigenvalue weighted by Crippen LogP contribution is -2.47. The zero-order valence-corrected chi connectivity index (χ0v) is 13.6. The number of thiophene rings is 1. The Balaban J connectivity index is 1.56. The van der Waals surface area contributed by atoms with Crippen LogP contribution in [-0.2, 0) is 0 Å². The van der Waals surface area contributed by atoms with Gasteiger partial charge in [-0.1, -0.05) is 0 Å². The second kappa shape index (κ2) is 5.40. The summed E-state index contributed by atoms with van der Waals surface area (Å²) in [7, 11) is 2.22. The fourth-order valence-corrected chi connectivity index (χ4v) is 5.15. The highest BCUT2D eigenvalue weighted by Gasteiger charge is 2.40. The van der Waals surface area contributed by atoms with Crippen molar-refractivity contribution >= 4 is 17.2 Å². The maximum atomic E-state index is 13.1. The van der Waals surface area contributed by atoms with E-state index in [0.29, 0.717) is 23.9 Å². The van der Waals surface area contributed by atoms with Crippen molar-refractivity contribution in [2.75, 3.05) is 20.1 Å². The molecular weight excluding hydrogens is 280 g/mol. The standard InChI is InChI=1S/C17H24N2OS/c1-18-9-2-4-14(18)15-5-3-10-19(15)17(20)16-13(8-11-21-16)12-6-7-12/h8,11-12,14-15H,2-7,9-10H2,1H3/t14-,15-/m0/s1. The summed E-state index contributed by atoms with van der Waals surface area (Å²) in [4.78, 5) is 18.7. The summed E-state index contributed by atoms with van der Waals surface area (Å²) < 4.78 is 0. The lowest BCUT2D eigenvalue weighted by atomic mass is 10.0. The first-order chi connectivity index (χ1) is 10.3. The molecule has 3 heterocycles. The Labute approximate surface area is 130 Å². The first kappa shape index (κ1) is 13.8. The maximum absolute atomic E-state index is 13.1. The largest absolute Gasteiger partial charge is 0.333 e. The predicted molar refractivity (Wildman–Crippen MR) is 86.0 cm³/mol. The molecule has 4 rings (SSSR count). The van der Waals surface area contributed by atoms with Crippen LogP contribution < -0.4 is 0 Å². The molecule has 1 aromatic heterocycles. The highest BCUT2D eigenvalue weighted by molar-refractivity contribution is 7.12. The van der Waals surface area contributed by atoms with Crippen LogP contribution in [0.15, 0.2) is 11.4 Å². The fraction of sp³-hybridized carbons (Fsp3) is 0.706. The molecule has 3 fully saturated rings. The number of hydrogen-bond donors (Lipinski definition) is 0. The van der Waals surface area contributed by atoms with E-state index in [4.69, 9.17) is 0 Å². The zero-order chi connectivity index (χ0) is 14.4. The van der Waals surface area contributed by atoms with Gasteiger partial charge in [-0.25, -0.2) is 0 Å². The van der Waals surface area contributed by atoms with E-state index in [9.17, 15) is 4.79 Å². The molecule has 2 saturated heterocycles. The lowest BCUT2D eigenvalue weighted by molar-refractivity contribution is 0.0668. The van der Waals surface area contributed by atoms with Gasteiger partial charge in [0.25, 0.3) is 5.91 Å². The predicted octanol–water partition coefficient (Wildman–Crippen LogP) is 3.32. The molecule has 2 aliphatic heterocycles. The smallest absolute Gasteiger partial charge is 0.264 e. The van der Waals surface area contributed by atoms with Crippen LogP contribution in [0.5, 0.6) is 0 Å². The van der Waals surface area contributed by atoms with Crippen molar-refractivity contribution in [1.82, 2.24) is 9.80 Å². The first-order valence-corrected chi connectivity index (χ1v) is 9.22. The lowest BCUT2D eigenvalue weighted by Gasteiger charge is -2.33. The molecule has 3 aliphatic rings. The van der Waals surface area contributed by atoms with Gasteiger partial charge in [-0.2, -0.15) is 0 Å². The number of likely N-dealkylation sites (tertiary alicyclic amines) is 2. The molecule has 0 unspecified atom stereocenters. The summed E-state index contributed by atoms with van der Waals surface area (Å²) >= 11 is 1.65. The molecule has 1 amide bonds. The van der Waals surface area contributed by atoms with Crippen molar-refractivity contribution in [1.29, 1.82) is 0 Å². The molecule has 0 spiro atoms. The molecule has 1 aromatic rings. The number of carbonyl (C=O) groups excluding carboxylic acids is 1. The molecule has 0 bridgehead atoms. The minimum atomic E-state index is 0.315.